The molecular weight excluding hydrogens is 542 g/mol. The van der Waals surface area contributed by atoms with E-state index in [9.17, 15) is 23.1 Å². The van der Waals surface area contributed by atoms with Crippen LogP contribution in [0.4, 0.5) is 0 Å². The van der Waals surface area contributed by atoms with Gasteiger partial charge in [-0.05, 0) is 60.9 Å². The Kier molecular flexibility index (Phi) is 13.3. The van der Waals surface area contributed by atoms with Crippen LogP contribution in [0.3, 0.4) is 0 Å². The molecule has 0 saturated carbocycles. The molecule has 2 N–H and O–H groups in total. The molecule has 0 aliphatic carbocycles. The summed E-state index contributed by atoms with van der Waals surface area (Å²) in [5.74, 6) is -1.38. The van der Waals surface area contributed by atoms with Gasteiger partial charge in [0.05, 0.1) is 4.90 Å². The van der Waals surface area contributed by atoms with Crippen molar-refractivity contribution >= 4 is 33.7 Å². The highest BCUT2D eigenvalue weighted by molar-refractivity contribution is 8.00. The van der Waals surface area contributed by atoms with Crippen LogP contribution in [-0.2, 0) is 38.9 Å². The van der Waals surface area contributed by atoms with E-state index in [4.69, 9.17) is 0 Å². The minimum absolute atomic E-state index is 0.0130. The molecule has 3 aromatic carbocycles. The summed E-state index contributed by atoms with van der Waals surface area (Å²) in [5.41, 5.74) is 3.59. The van der Waals surface area contributed by atoms with Crippen molar-refractivity contribution in [2.24, 2.45) is 0 Å². The molecule has 3 rings (SSSR count). The number of carboxylic acids is 1. The summed E-state index contributed by atoms with van der Waals surface area (Å²) >= 11 is 1.17. The molecule has 6 nitrogen and oxygen atoms in total. The minimum Gasteiger partial charge on any atom is -0.480 e. The lowest BCUT2D eigenvalue weighted by Gasteiger charge is -2.15. The van der Waals surface area contributed by atoms with E-state index in [0.717, 1.165) is 31.2 Å². The van der Waals surface area contributed by atoms with Crippen molar-refractivity contribution < 1.29 is 23.1 Å². The predicted octanol–water partition coefficient (Wildman–Crippen LogP) is 6.44. The summed E-state index contributed by atoms with van der Waals surface area (Å²) in [4.78, 5) is 24.2. The van der Waals surface area contributed by atoms with Gasteiger partial charge in [0.15, 0.2) is 0 Å². The van der Waals surface area contributed by atoms with Crippen molar-refractivity contribution in [3.63, 3.8) is 0 Å². The molecule has 0 aromatic heterocycles. The number of sulfonamides is 1. The number of nitrogens with one attached hydrogen (secondary N) is 1. The summed E-state index contributed by atoms with van der Waals surface area (Å²) in [6.45, 7) is 0. The van der Waals surface area contributed by atoms with Gasteiger partial charge in [-0.2, -0.15) is 0 Å². The predicted molar refractivity (Wildman–Crippen MR) is 162 cm³/mol. The smallest absolute Gasteiger partial charge is 0.316 e. The number of aryl methyl sites for hydroxylation is 2. The summed E-state index contributed by atoms with van der Waals surface area (Å²) in [6, 6.07) is 26.2. The van der Waals surface area contributed by atoms with E-state index >= 15 is 0 Å². The largest absolute Gasteiger partial charge is 0.480 e. The number of unbranched alkanes of at least 4 members (excludes halogenated alkanes) is 5. The summed E-state index contributed by atoms with van der Waals surface area (Å²) in [6.07, 6.45) is 9.41. The van der Waals surface area contributed by atoms with Crippen molar-refractivity contribution in [3.8, 4) is 0 Å². The molecule has 0 radical (unpaired) electrons. The summed E-state index contributed by atoms with van der Waals surface area (Å²) in [5, 5.41) is 9.08. The van der Waals surface area contributed by atoms with Gasteiger partial charge in [0, 0.05) is 12.2 Å². The summed E-state index contributed by atoms with van der Waals surface area (Å²) < 4.78 is 26.7. The topological polar surface area (TPSA) is 101 Å². The second-order valence-corrected chi connectivity index (χ2v) is 12.9. The van der Waals surface area contributed by atoms with Gasteiger partial charge in [-0.3, -0.25) is 9.59 Å². The lowest BCUT2D eigenvalue weighted by Crippen LogP contribution is -2.31. The van der Waals surface area contributed by atoms with Crippen molar-refractivity contribution in [1.29, 1.82) is 0 Å². The SMILES string of the molecule is O=C(CCSC(Cc1ccccc1CCCCCCCCc1ccccc1)C(=O)O)NS(=O)(=O)c1ccccc1. The Hall–Kier alpha value is -3.10. The first kappa shape index (κ1) is 31.4. The van der Waals surface area contributed by atoms with Gasteiger partial charge in [0.1, 0.15) is 5.25 Å². The van der Waals surface area contributed by atoms with Crippen LogP contribution in [-0.4, -0.2) is 36.4 Å². The van der Waals surface area contributed by atoms with Gasteiger partial charge in [0.25, 0.3) is 10.0 Å². The van der Waals surface area contributed by atoms with Crippen LogP contribution in [0.15, 0.2) is 89.8 Å². The lowest BCUT2D eigenvalue weighted by molar-refractivity contribution is -0.136. The molecule has 40 heavy (non-hydrogen) atoms. The molecular formula is C32H39NO5S2. The van der Waals surface area contributed by atoms with E-state index in [1.807, 2.05) is 24.3 Å². The number of hydrogen-bond donors (Lipinski definition) is 2. The fourth-order valence-corrected chi connectivity index (χ4v) is 6.63. The maximum Gasteiger partial charge on any atom is 0.316 e. The van der Waals surface area contributed by atoms with Gasteiger partial charge >= 0.3 is 5.97 Å². The van der Waals surface area contributed by atoms with E-state index in [0.29, 0.717) is 6.42 Å². The molecule has 1 atom stereocenters. The first-order chi connectivity index (χ1) is 19.3. The van der Waals surface area contributed by atoms with Gasteiger partial charge in [0.2, 0.25) is 5.91 Å². The number of benzene rings is 3. The molecule has 0 spiro atoms. The van der Waals surface area contributed by atoms with Gasteiger partial charge in [-0.25, -0.2) is 13.1 Å². The Morgan fingerprint density at radius 2 is 1.27 bits per heavy atom. The van der Waals surface area contributed by atoms with E-state index in [2.05, 4.69) is 35.1 Å². The average molecular weight is 582 g/mol. The van der Waals surface area contributed by atoms with Crippen LogP contribution in [0.25, 0.3) is 0 Å². The first-order valence-electron chi connectivity index (χ1n) is 13.9. The highest BCUT2D eigenvalue weighted by atomic mass is 32.2. The first-order valence-corrected chi connectivity index (χ1v) is 16.4. The van der Waals surface area contributed by atoms with Crippen molar-refractivity contribution in [3.05, 3.63) is 102 Å². The Morgan fingerprint density at radius 1 is 0.725 bits per heavy atom. The normalized spacial score (nSPS) is 12.1. The third-order valence-corrected chi connectivity index (χ3v) is 9.35. The van der Waals surface area contributed by atoms with Crippen LogP contribution in [0, 0.1) is 0 Å². The van der Waals surface area contributed by atoms with E-state index in [1.165, 1.54) is 60.7 Å². The van der Waals surface area contributed by atoms with Gasteiger partial charge < -0.3 is 5.11 Å². The second kappa shape index (κ2) is 16.9. The Morgan fingerprint density at radius 3 is 1.93 bits per heavy atom. The number of aliphatic carboxylic acids is 1. The third-order valence-electron chi connectivity index (χ3n) is 6.75. The maximum atomic E-state index is 12.3. The van der Waals surface area contributed by atoms with Crippen LogP contribution >= 0.6 is 11.8 Å². The Bertz CT molecular complexity index is 1300. The maximum absolute atomic E-state index is 12.3. The van der Waals surface area contributed by atoms with Crippen molar-refractivity contribution in [2.75, 3.05) is 5.75 Å². The van der Waals surface area contributed by atoms with E-state index < -0.39 is 27.1 Å². The lowest BCUT2D eigenvalue weighted by atomic mass is 9.97. The molecule has 8 heteroatoms. The monoisotopic (exact) mass is 581 g/mol. The quantitative estimate of drug-likeness (QED) is 0.168. The van der Waals surface area contributed by atoms with Gasteiger partial charge in [-0.15, -0.1) is 11.8 Å². The van der Waals surface area contributed by atoms with Crippen molar-refractivity contribution in [2.45, 2.75) is 74.4 Å². The highest BCUT2D eigenvalue weighted by Crippen LogP contribution is 2.22. The highest BCUT2D eigenvalue weighted by Gasteiger charge is 2.22. The van der Waals surface area contributed by atoms with Crippen LogP contribution < -0.4 is 4.72 Å². The number of hydrogen-bond acceptors (Lipinski definition) is 5. The third kappa shape index (κ3) is 11.2. The standard InChI is InChI=1S/C32H39NO5S2/c34-31(33-40(37,38)29-21-11-6-12-22-29)23-24-39-30(32(35)36)25-28-20-14-13-19-27(28)18-10-4-2-1-3-7-15-26-16-8-5-9-17-26/h5-6,8-9,11-14,16-17,19-22,30H,1-4,7,10,15,18,23-25H2,(H,33,34)(H,35,36). The van der Waals surface area contributed by atoms with Crippen LogP contribution in [0.2, 0.25) is 0 Å². The molecule has 0 aliphatic heterocycles. The van der Waals surface area contributed by atoms with Gasteiger partial charge in [-0.1, -0.05) is 98.5 Å². The number of carboxylic acid groups (broad SMARTS) is 1. The number of rotatable bonds is 18. The number of carbonyl (C=O) groups is 2. The minimum atomic E-state index is -3.94. The zero-order valence-electron chi connectivity index (χ0n) is 22.8. The molecule has 0 heterocycles. The summed E-state index contributed by atoms with van der Waals surface area (Å²) in [7, 11) is -3.94. The molecule has 0 bridgehead atoms. The molecule has 0 fully saturated rings. The van der Waals surface area contributed by atoms with E-state index in [-0.39, 0.29) is 17.1 Å². The van der Waals surface area contributed by atoms with Crippen molar-refractivity contribution in [1.82, 2.24) is 4.72 Å². The number of amides is 1. The fourth-order valence-electron chi connectivity index (χ4n) is 4.57. The zero-order valence-corrected chi connectivity index (χ0v) is 24.5. The molecule has 1 unspecified atom stereocenters. The molecule has 3 aromatic rings. The Labute approximate surface area is 242 Å². The number of carbonyl (C=O) groups excluding carboxylic acids is 1. The second-order valence-electron chi connectivity index (χ2n) is 9.87. The average Bonchev–Trinajstić information content (AvgIpc) is 2.95. The van der Waals surface area contributed by atoms with Crippen LogP contribution in [0.1, 0.15) is 61.6 Å². The van der Waals surface area contributed by atoms with E-state index in [1.54, 1.807) is 18.2 Å². The molecule has 1 amide bonds. The zero-order chi connectivity index (χ0) is 28.6. The molecule has 0 saturated heterocycles. The van der Waals surface area contributed by atoms with Crippen LogP contribution in [0.5, 0.6) is 0 Å². The molecule has 214 valence electrons. The molecule has 0 aliphatic rings. The Balaban J connectivity index is 1.38. The fraction of sp³-hybridized carbons (Fsp3) is 0.375. The number of thioether (sulfide) groups is 1.